The molecule has 94 valence electrons. The quantitative estimate of drug-likeness (QED) is 0.683. The summed E-state index contributed by atoms with van der Waals surface area (Å²) in [4.78, 5) is 13.9. The molecule has 2 atom stereocenters. The fraction of sp³-hybridized carbons (Fsp3) is 0.636. The molecule has 1 saturated heterocycles. The average Bonchev–Trinajstić information content (AvgIpc) is 2.85. The monoisotopic (exact) mass is 238 g/mol. The van der Waals surface area contributed by atoms with E-state index >= 15 is 0 Å². The highest BCUT2D eigenvalue weighted by Crippen LogP contribution is 2.23. The zero-order valence-corrected chi connectivity index (χ0v) is 10.1. The number of rotatable bonds is 2. The molecule has 0 aliphatic carbocycles. The molecule has 6 heteroatoms. The second-order valence-electron chi connectivity index (χ2n) is 4.65. The van der Waals surface area contributed by atoms with Crippen molar-refractivity contribution in [2.24, 2.45) is 5.92 Å². The van der Waals surface area contributed by atoms with Crippen LogP contribution in [-0.2, 0) is 0 Å². The number of aliphatic hydroxyl groups is 1. The number of nitrogen functional groups attached to an aromatic ring is 1. The minimum atomic E-state index is -0.379. The third-order valence-electron chi connectivity index (χ3n) is 3.38. The SMILES string of the molecule is Cc1[nH]nc(N)c1C(=O)N1CCC(C(C)O)C1. The van der Waals surface area contributed by atoms with Crippen LogP contribution >= 0.6 is 0 Å². The van der Waals surface area contributed by atoms with Gasteiger partial charge in [0, 0.05) is 24.7 Å². The largest absolute Gasteiger partial charge is 0.393 e. The molecule has 0 aromatic carbocycles. The lowest BCUT2D eigenvalue weighted by atomic mass is 10.0. The van der Waals surface area contributed by atoms with Crippen molar-refractivity contribution in [3.8, 4) is 0 Å². The molecule has 4 N–H and O–H groups in total. The van der Waals surface area contributed by atoms with Crippen molar-refractivity contribution in [2.45, 2.75) is 26.4 Å². The van der Waals surface area contributed by atoms with Gasteiger partial charge in [0.05, 0.1) is 6.10 Å². The fourth-order valence-corrected chi connectivity index (χ4v) is 2.24. The summed E-state index contributed by atoms with van der Waals surface area (Å²) in [5, 5.41) is 16.0. The van der Waals surface area contributed by atoms with Gasteiger partial charge in [0.1, 0.15) is 5.56 Å². The lowest BCUT2D eigenvalue weighted by Crippen LogP contribution is -2.31. The number of aryl methyl sites for hydroxylation is 1. The number of amides is 1. The number of hydrogen-bond donors (Lipinski definition) is 3. The van der Waals surface area contributed by atoms with Gasteiger partial charge < -0.3 is 15.7 Å². The van der Waals surface area contributed by atoms with E-state index in [1.54, 1.807) is 18.7 Å². The van der Waals surface area contributed by atoms with Crippen LogP contribution in [0.2, 0.25) is 0 Å². The van der Waals surface area contributed by atoms with Crippen molar-refractivity contribution in [3.05, 3.63) is 11.3 Å². The Morgan fingerprint density at radius 3 is 2.88 bits per heavy atom. The highest BCUT2D eigenvalue weighted by Gasteiger charge is 2.31. The maximum Gasteiger partial charge on any atom is 0.259 e. The first-order valence-corrected chi connectivity index (χ1v) is 5.78. The number of aromatic amines is 1. The lowest BCUT2D eigenvalue weighted by Gasteiger charge is -2.17. The summed E-state index contributed by atoms with van der Waals surface area (Å²) in [5.41, 5.74) is 6.81. The predicted molar refractivity (Wildman–Crippen MR) is 63.4 cm³/mol. The number of anilines is 1. The maximum atomic E-state index is 12.2. The van der Waals surface area contributed by atoms with Crippen LogP contribution in [0.3, 0.4) is 0 Å². The molecule has 2 heterocycles. The minimum absolute atomic E-state index is 0.100. The smallest absolute Gasteiger partial charge is 0.259 e. The summed E-state index contributed by atoms with van der Waals surface area (Å²) in [6.07, 6.45) is 0.454. The van der Waals surface area contributed by atoms with Crippen LogP contribution in [0.5, 0.6) is 0 Å². The van der Waals surface area contributed by atoms with Gasteiger partial charge in [0.15, 0.2) is 5.82 Å². The number of carbonyl (C=O) groups excluding carboxylic acids is 1. The van der Waals surface area contributed by atoms with E-state index in [4.69, 9.17) is 5.73 Å². The summed E-state index contributed by atoms with van der Waals surface area (Å²) < 4.78 is 0. The number of aliphatic hydroxyl groups excluding tert-OH is 1. The van der Waals surface area contributed by atoms with E-state index in [9.17, 15) is 9.90 Å². The number of nitrogens with zero attached hydrogens (tertiary/aromatic N) is 2. The number of hydrogen-bond acceptors (Lipinski definition) is 4. The van der Waals surface area contributed by atoms with Crippen molar-refractivity contribution in [2.75, 3.05) is 18.8 Å². The molecule has 0 saturated carbocycles. The number of carbonyl (C=O) groups is 1. The number of nitrogens with one attached hydrogen (secondary N) is 1. The first kappa shape index (κ1) is 11.9. The number of H-pyrrole nitrogens is 1. The zero-order valence-electron chi connectivity index (χ0n) is 10.1. The van der Waals surface area contributed by atoms with Crippen molar-refractivity contribution in [1.29, 1.82) is 0 Å². The molecule has 1 aromatic rings. The Labute approximate surface area is 99.8 Å². The molecule has 0 radical (unpaired) electrons. The molecule has 2 rings (SSSR count). The molecule has 1 fully saturated rings. The Bertz CT molecular complexity index is 408. The van der Waals surface area contributed by atoms with Crippen LogP contribution in [0.15, 0.2) is 0 Å². The molecule has 17 heavy (non-hydrogen) atoms. The van der Waals surface area contributed by atoms with Crippen molar-refractivity contribution >= 4 is 11.7 Å². The molecule has 2 unspecified atom stereocenters. The third kappa shape index (κ3) is 2.12. The van der Waals surface area contributed by atoms with E-state index in [2.05, 4.69) is 10.2 Å². The Morgan fingerprint density at radius 1 is 1.71 bits per heavy atom. The molecule has 1 aromatic heterocycles. The second-order valence-corrected chi connectivity index (χ2v) is 4.65. The molecule has 0 spiro atoms. The topological polar surface area (TPSA) is 95.2 Å². The first-order chi connectivity index (χ1) is 8.00. The van der Waals surface area contributed by atoms with E-state index < -0.39 is 0 Å². The first-order valence-electron chi connectivity index (χ1n) is 5.78. The van der Waals surface area contributed by atoms with Crippen molar-refractivity contribution in [3.63, 3.8) is 0 Å². The van der Waals surface area contributed by atoms with Crippen LogP contribution < -0.4 is 5.73 Å². The zero-order chi connectivity index (χ0) is 12.6. The second kappa shape index (κ2) is 4.37. The number of nitrogens with two attached hydrogens (primary N) is 1. The van der Waals surface area contributed by atoms with Crippen molar-refractivity contribution < 1.29 is 9.90 Å². The van der Waals surface area contributed by atoms with Crippen molar-refractivity contribution in [1.82, 2.24) is 15.1 Å². The van der Waals surface area contributed by atoms with Gasteiger partial charge in [-0.05, 0) is 20.3 Å². The van der Waals surface area contributed by atoms with Crippen LogP contribution in [-0.4, -0.2) is 45.3 Å². The molecule has 0 bridgehead atoms. The molecule has 1 aliphatic rings. The molecule has 1 amide bonds. The van der Waals surface area contributed by atoms with Crippen LogP contribution in [0.4, 0.5) is 5.82 Å². The standard InChI is InChI=1S/C11H18N4O2/c1-6-9(10(12)14-13-6)11(17)15-4-3-8(5-15)7(2)16/h7-8,16H,3-5H2,1-2H3,(H3,12,13,14). The Morgan fingerprint density at radius 2 is 2.41 bits per heavy atom. The molecular formula is C11H18N4O2. The lowest BCUT2D eigenvalue weighted by molar-refractivity contribution is 0.0763. The van der Waals surface area contributed by atoms with Gasteiger partial charge in [-0.1, -0.05) is 0 Å². The summed E-state index contributed by atoms with van der Waals surface area (Å²) in [6, 6.07) is 0. The predicted octanol–water partition coefficient (Wildman–Crippen LogP) is 0.143. The third-order valence-corrected chi connectivity index (χ3v) is 3.38. The summed E-state index contributed by atoms with van der Waals surface area (Å²) >= 11 is 0. The van der Waals surface area contributed by atoms with Gasteiger partial charge in [-0.2, -0.15) is 5.10 Å². The van der Waals surface area contributed by atoms with E-state index in [1.807, 2.05) is 0 Å². The van der Waals surface area contributed by atoms with E-state index in [1.165, 1.54) is 0 Å². The van der Waals surface area contributed by atoms with E-state index in [-0.39, 0.29) is 23.7 Å². The molecular weight excluding hydrogens is 220 g/mol. The van der Waals surface area contributed by atoms with Crippen LogP contribution in [0, 0.1) is 12.8 Å². The summed E-state index contributed by atoms with van der Waals surface area (Å²) in [7, 11) is 0. The van der Waals surface area contributed by atoms with E-state index in [0.717, 1.165) is 6.42 Å². The Hall–Kier alpha value is -1.56. The Balaban J connectivity index is 2.12. The maximum absolute atomic E-state index is 12.2. The average molecular weight is 238 g/mol. The van der Waals surface area contributed by atoms with Gasteiger partial charge in [-0.25, -0.2) is 0 Å². The van der Waals surface area contributed by atoms with Gasteiger partial charge in [0.25, 0.3) is 5.91 Å². The Kier molecular flexibility index (Phi) is 3.06. The van der Waals surface area contributed by atoms with Gasteiger partial charge in [-0.3, -0.25) is 9.89 Å². The van der Waals surface area contributed by atoms with Crippen LogP contribution in [0.25, 0.3) is 0 Å². The normalized spacial score (nSPS) is 21.8. The molecule has 1 aliphatic heterocycles. The van der Waals surface area contributed by atoms with Gasteiger partial charge in [0.2, 0.25) is 0 Å². The fourth-order valence-electron chi connectivity index (χ4n) is 2.24. The highest BCUT2D eigenvalue weighted by atomic mass is 16.3. The molecule has 6 nitrogen and oxygen atoms in total. The summed E-state index contributed by atoms with van der Waals surface area (Å²) in [6.45, 7) is 4.79. The minimum Gasteiger partial charge on any atom is -0.393 e. The highest BCUT2D eigenvalue weighted by molar-refractivity contribution is 5.99. The summed E-state index contributed by atoms with van der Waals surface area (Å²) in [5.74, 6) is 0.303. The van der Waals surface area contributed by atoms with Gasteiger partial charge >= 0.3 is 0 Å². The van der Waals surface area contributed by atoms with Crippen LogP contribution in [0.1, 0.15) is 29.4 Å². The number of aromatic nitrogens is 2. The van der Waals surface area contributed by atoms with E-state index in [0.29, 0.717) is 24.3 Å². The van der Waals surface area contributed by atoms with Gasteiger partial charge in [-0.15, -0.1) is 0 Å². The number of likely N-dealkylation sites (tertiary alicyclic amines) is 1.